The molecule has 0 bridgehead atoms. The molecule has 3 heterocycles. The summed E-state index contributed by atoms with van der Waals surface area (Å²) >= 11 is 1.75. The van der Waals surface area contributed by atoms with Crippen LogP contribution in [0.15, 0.2) is 24.5 Å². The van der Waals surface area contributed by atoms with Gasteiger partial charge in [0.15, 0.2) is 0 Å². The maximum atomic E-state index is 11.5. The Kier molecular flexibility index (Phi) is 4.88. The molecule has 0 atom stereocenters. The molecule has 0 aliphatic carbocycles. The second kappa shape index (κ2) is 7.32. The van der Waals surface area contributed by atoms with Gasteiger partial charge in [-0.2, -0.15) is 0 Å². The van der Waals surface area contributed by atoms with Crippen molar-refractivity contribution < 1.29 is 14.3 Å². The van der Waals surface area contributed by atoms with Crippen molar-refractivity contribution in [1.82, 2.24) is 14.8 Å². The number of benzene rings is 1. The Bertz CT molecular complexity index is 932. The van der Waals surface area contributed by atoms with Crippen LogP contribution in [0.3, 0.4) is 0 Å². The zero-order chi connectivity index (χ0) is 19.0. The van der Waals surface area contributed by atoms with Gasteiger partial charge in [-0.1, -0.05) is 0 Å². The summed E-state index contributed by atoms with van der Waals surface area (Å²) in [6, 6.07) is 4.17. The van der Waals surface area contributed by atoms with Crippen LogP contribution in [0.25, 0.3) is 20.9 Å². The first-order valence-electron chi connectivity index (χ1n) is 9.00. The van der Waals surface area contributed by atoms with Gasteiger partial charge in [-0.15, -0.1) is 11.3 Å². The van der Waals surface area contributed by atoms with Crippen LogP contribution in [0.1, 0.15) is 11.8 Å². The fourth-order valence-electron chi connectivity index (χ4n) is 3.76. The highest BCUT2D eigenvalue weighted by molar-refractivity contribution is 7.19. The van der Waals surface area contributed by atoms with E-state index in [1.165, 1.54) is 4.88 Å². The van der Waals surface area contributed by atoms with Gasteiger partial charge in [0.2, 0.25) is 5.91 Å². The maximum absolute atomic E-state index is 11.5. The molecule has 1 aliphatic heterocycles. The average molecular weight is 385 g/mol. The minimum Gasteiger partial charge on any atom is -0.495 e. The van der Waals surface area contributed by atoms with Gasteiger partial charge < -0.3 is 14.4 Å². The van der Waals surface area contributed by atoms with E-state index in [2.05, 4.69) is 16.0 Å². The Morgan fingerprint density at radius 1 is 1.11 bits per heavy atom. The summed E-state index contributed by atoms with van der Waals surface area (Å²) in [6.07, 6.45) is 3.60. The first kappa shape index (κ1) is 18.0. The number of carbonyl (C=O) groups excluding carboxylic acids is 1. The molecule has 1 saturated heterocycles. The van der Waals surface area contributed by atoms with Gasteiger partial charge in [-0.3, -0.25) is 14.7 Å². The van der Waals surface area contributed by atoms with E-state index in [-0.39, 0.29) is 5.91 Å². The topological polar surface area (TPSA) is 54.9 Å². The zero-order valence-electron chi connectivity index (χ0n) is 15.8. The fourth-order valence-corrected chi connectivity index (χ4v) is 5.00. The number of amides is 1. The number of pyridine rings is 1. The molecule has 0 radical (unpaired) electrons. The van der Waals surface area contributed by atoms with E-state index in [0.717, 1.165) is 65.1 Å². The summed E-state index contributed by atoms with van der Waals surface area (Å²) in [4.78, 5) is 21.3. The summed E-state index contributed by atoms with van der Waals surface area (Å²) in [5, 5.41) is 3.04. The number of hydrogen-bond acceptors (Lipinski definition) is 6. The number of aromatic nitrogens is 1. The van der Waals surface area contributed by atoms with Gasteiger partial charge >= 0.3 is 0 Å². The van der Waals surface area contributed by atoms with E-state index >= 15 is 0 Å². The van der Waals surface area contributed by atoms with E-state index in [0.29, 0.717) is 0 Å². The molecule has 0 spiro atoms. The summed E-state index contributed by atoms with van der Waals surface area (Å²) in [6.45, 7) is 5.89. The number of rotatable bonds is 4. The number of hydrogen-bond donors (Lipinski definition) is 0. The molecule has 1 amide bonds. The third-order valence-electron chi connectivity index (χ3n) is 5.15. The fraction of sp³-hybridized carbons (Fsp3) is 0.400. The summed E-state index contributed by atoms with van der Waals surface area (Å²) in [5.74, 6) is 1.88. The van der Waals surface area contributed by atoms with Crippen LogP contribution < -0.4 is 9.47 Å². The van der Waals surface area contributed by atoms with Crippen molar-refractivity contribution in [3.63, 3.8) is 0 Å². The van der Waals surface area contributed by atoms with Crippen molar-refractivity contribution in [1.29, 1.82) is 0 Å². The highest BCUT2D eigenvalue weighted by Crippen LogP contribution is 2.46. The van der Waals surface area contributed by atoms with Crippen LogP contribution in [0.4, 0.5) is 0 Å². The number of nitrogens with zero attached hydrogens (tertiary/aromatic N) is 3. The number of fused-ring (bicyclic) bond motifs is 2. The van der Waals surface area contributed by atoms with Crippen molar-refractivity contribution in [3.05, 3.63) is 29.4 Å². The molecule has 1 fully saturated rings. The first-order chi connectivity index (χ1) is 13.1. The molecule has 1 aliphatic rings. The molecule has 0 unspecified atom stereocenters. The lowest BCUT2D eigenvalue weighted by Gasteiger charge is -2.33. The summed E-state index contributed by atoms with van der Waals surface area (Å²) in [7, 11) is 3.41. The standard InChI is InChI=1S/C20H23N3O3S/c1-13(24)23-8-6-22(7-9-23)12-14-10-16-18(25-2)17-11-21-5-4-15(17)19(26-3)20(16)27-14/h4-5,10-11H,6-9,12H2,1-3H3. The number of ether oxygens (including phenoxy) is 2. The van der Waals surface area contributed by atoms with Crippen molar-refractivity contribution in [3.8, 4) is 11.5 Å². The SMILES string of the molecule is COc1c2cnccc2c(OC)c2sc(CN3CCN(C(C)=O)CC3)cc12. The van der Waals surface area contributed by atoms with E-state index in [1.807, 2.05) is 17.2 Å². The largest absolute Gasteiger partial charge is 0.495 e. The molecule has 6 nitrogen and oxygen atoms in total. The average Bonchev–Trinajstić information content (AvgIpc) is 3.09. The van der Waals surface area contributed by atoms with Crippen LogP contribution >= 0.6 is 11.3 Å². The zero-order valence-corrected chi connectivity index (χ0v) is 16.6. The van der Waals surface area contributed by atoms with Crippen molar-refractivity contribution in [2.75, 3.05) is 40.4 Å². The molecular weight excluding hydrogens is 362 g/mol. The van der Waals surface area contributed by atoms with Crippen molar-refractivity contribution in [2.24, 2.45) is 0 Å². The lowest BCUT2D eigenvalue weighted by molar-refractivity contribution is -0.130. The molecule has 0 saturated carbocycles. The smallest absolute Gasteiger partial charge is 0.219 e. The van der Waals surface area contributed by atoms with Crippen LogP contribution in [0, 0.1) is 0 Å². The molecule has 27 heavy (non-hydrogen) atoms. The summed E-state index contributed by atoms with van der Waals surface area (Å²) < 4.78 is 12.6. The van der Waals surface area contributed by atoms with Gasteiger partial charge in [0.25, 0.3) is 0 Å². The lowest BCUT2D eigenvalue weighted by Crippen LogP contribution is -2.47. The molecule has 0 N–H and O–H groups in total. The van der Waals surface area contributed by atoms with Crippen molar-refractivity contribution >= 4 is 38.1 Å². The third-order valence-corrected chi connectivity index (χ3v) is 6.27. The molecule has 1 aromatic carbocycles. The Balaban J connectivity index is 1.70. The Hall–Kier alpha value is -2.38. The van der Waals surface area contributed by atoms with Gasteiger partial charge in [-0.25, -0.2) is 0 Å². The molecule has 4 rings (SSSR count). The third kappa shape index (κ3) is 3.21. The van der Waals surface area contributed by atoms with E-state index < -0.39 is 0 Å². The van der Waals surface area contributed by atoms with Gasteiger partial charge in [0, 0.05) is 73.1 Å². The first-order valence-corrected chi connectivity index (χ1v) is 9.82. The monoisotopic (exact) mass is 385 g/mol. The van der Waals surface area contributed by atoms with E-state index in [9.17, 15) is 4.79 Å². The van der Waals surface area contributed by atoms with Crippen LogP contribution in [-0.2, 0) is 11.3 Å². The number of methoxy groups -OCH3 is 2. The van der Waals surface area contributed by atoms with Gasteiger partial charge in [0.1, 0.15) is 11.5 Å². The minimum absolute atomic E-state index is 0.159. The minimum atomic E-state index is 0.159. The van der Waals surface area contributed by atoms with E-state index in [1.54, 1.807) is 38.7 Å². The quantitative estimate of drug-likeness (QED) is 0.691. The highest BCUT2D eigenvalue weighted by Gasteiger charge is 2.22. The molecule has 2 aromatic heterocycles. The Morgan fingerprint density at radius 2 is 1.85 bits per heavy atom. The maximum Gasteiger partial charge on any atom is 0.219 e. The van der Waals surface area contributed by atoms with Crippen LogP contribution in [-0.4, -0.2) is 61.1 Å². The van der Waals surface area contributed by atoms with Crippen LogP contribution in [0.5, 0.6) is 11.5 Å². The molecule has 142 valence electrons. The number of thiophene rings is 1. The summed E-state index contributed by atoms with van der Waals surface area (Å²) in [5.41, 5.74) is 0. The highest BCUT2D eigenvalue weighted by atomic mass is 32.1. The molecular formula is C20H23N3O3S. The predicted molar refractivity (Wildman–Crippen MR) is 108 cm³/mol. The lowest BCUT2D eigenvalue weighted by atomic mass is 10.1. The van der Waals surface area contributed by atoms with E-state index in [4.69, 9.17) is 9.47 Å². The Morgan fingerprint density at radius 3 is 2.52 bits per heavy atom. The molecule has 3 aromatic rings. The second-order valence-corrected chi connectivity index (χ2v) is 7.86. The number of piperazine rings is 1. The van der Waals surface area contributed by atoms with Crippen molar-refractivity contribution in [2.45, 2.75) is 13.5 Å². The Labute approximate surface area is 162 Å². The second-order valence-electron chi connectivity index (χ2n) is 6.73. The van der Waals surface area contributed by atoms with Crippen LogP contribution in [0.2, 0.25) is 0 Å². The van der Waals surface area contributed by atoms with Gasteiger partial charge in [-0.05, 0) is 12.1 Å². The number of carbonyl (C=O) groups is 1. The normalized spacial score (nSPS) is 15.4. The molecule has 7 heteroatoms. The predicted octanol–water partition coefficient (Wildman–Crippen LogP) is 3.13. The van der Waals surface area contributed by atoms with Gasteiger partial charge in [0.05, 0.1) is 18.9 Å².